The van der Waals surface area contributed by atoms with E-state index in [2.05, 4.69) is 5.32 Å². The molecule has 0 aromatic heterocycles. The van der Waals surface area contributed by atoms with E-state index in [-0.39, 0.29) is 24.7 Å². The average molecular weight is 420 g/mol. The zero-order chi connectivity index (χ0) is 22.6. The number of carboxylic acids is 1. The summed E-state index contributed by atoms with van der Waals surface area (Å²) in [6, 6.07) is 6.76. The van der Waals surface area contributed by atoms with Crippen molar-refractivity contribution in [3.8, 4) is 0 Å². The Balaban J connectivity index is 2.05. The molecule has 8 nitrogen and oxygen atoms in total. The van der Waals surface area contributed by atoms with Gasteiger partial charge in [-0.3, -0.25) is 14.4 Å². The van der Waals surface area contributed by atoms with Gasteiger partial charge >= 0.3 is 5.97 Å². The molecule has 30 heavy (non-hydrogen) atoms. The smallest absolute Gasteiger partial charge is 0.306 e. The van der Waals surface area contributed by atoms with Crippen LogP contribution in [0.5, 0.6) is 0 Å². The zero-order valence-corrected chi connectivity index (χ0v) is 18.1. The number of likely N-dealkylation sites (N-methyl/N-ethyl adjacent to an activating group) is 1. The largest absolute Gasteiger partial charge is 0.481 e. The molecular formula is C22H33N3O5. The number of aliphatic carboxylic acids is 1. The van der Waals surface area contributed by atoms with Crippen LogP contribution < -0.4 is 16.0 Å². The number of nitrogens with zero attached hydrogens (tertiary/aromatic N) is 1. The van der Waals surface area contributed by atoms with E-state index in [1.165, 1.54) is 6.92 Å². The van der Waals surface area contributed by atoms with Gasteiger partial charge in [0.1, 0.15) is 0 Å². The minimum absolute atomic E-state index is 0.0633. The summed E-state index contributed by atoms with van der Waals surface area (Å²) in [5, 5.41) is 21.9. The van der Waals surface area contributed by atoms with Gasteiger partial charge in [-0.1, -0.05) is 39.0 Å². The lowest BCUT2D eigenvalue weighted by Crippen LogP contribution is -2.42. The normalized spacial score (nSPS) is 19.0. The topological polar surface area (TPSA) is 133 Å². The van der Waals surface area contributed by atoms with Gasteiger partial charge in [0.25, 0.3) is 0 Å². The summed E-state index contributed by atoms with van der Waals surface area (Å²) in [7, 11) is 1.58. The molecule has 8 heteroatoms. The van der Waals surface area contributed by atoms with Gasteiger partial charge < -0.3 is 26.2 Å². The number of rotatable bonds is 9. The Kier molecular flexibility index (Phi) is 7.60. The Labute approximate surface area is 177 Å². The van der Waals surface area contributed by atoms with Crippen LogP contribution in [0.2, 0.25) is 0 Å². The number of benzene rings is 1. The number of hydrogen-bond donors (Lipinski definition) is 4. The number of nitrogens with one attached hydrogen (secondary N) is 1. The minimum atomic E-state index is -0.978. The molecule has 1 aliphatic rings. The van der Waals surface area contributed by atoms with E-state index < -0.39 is 35.4 Å². The Hall–Kier alpha value is -2.45. The maximum atomic E-state index is 13.1. The molecule has 4 atom stereocenters. The molecule has 0 saturated heterocycles. The number of para-hydroxylation sites is 1. The lowest BCUT2D eigenvalue weighted by atomic mass is 9.80. The number of carbonyl (C=O) groups excluding carboxylic acids is 2. The monoisotopic (exact) mass is 419 g/mol. The molecule has 0 unspecified atom stereocenters. The fourth-order valence-electron chi connectivity index (χ4n) is 4.03. The third kappa shape index (κ3) is 5.58. The van der Waals surface area contributed by atoms with E-state index in [0.29, 0.717) is 13.0 Å². The van der Waals surface area contributed by atoms with Crippen molar-refractivity contribution in [1.29, 1.82) is 0 Å². The van der Waals surface area contributed by atoms with Gasteiger partial charge in [0.2, 0.25) is 11.8 Å². The van der Waals surface area contributed by atoms with E-state index in [9.17, 15) is 19.5 Å². The van der Waals surface area contributed by atoms with Crippen LogP contribution in [0.3, 0.4) is 0 Å². The van der Waals surface area contributed by atoms with E-state index in [4.69, 9.17) is 10.8 Å². The molecule has 1 aromatic carbocycles. The highest BCUT2D eigenvalue weighted by molar-refractivity contribution is 6.00. The molecule has 0 radical (unpaired) electrons. The zero-order valence-electron chi connectivity index (χ0n) is 18.1. The third-order valence-electron chi connectivity index (χ3n) is 5.76. The number of aliphatic hydroxyl groups is 1. The van der Waals surface area contributed by atoms with Crippen molar-refractivity contribution in [2.75, 3.05) is 18.5 Å². The molecule has 0 saturated carbocycles. The lowest BCUT2D eigenvalue weighted by Gasteiger charge is -2.32. The third-order valence-corrected chi connectivity index (χ3v) is 5.76. The number of aliphatic hydroxyl groups excluding tert-OH is 1. The SMILES string of the molecule is CNC(=O)[C@H]1CN(C(=O)CC(C)(C)C[C@H](N)[C@@H](O)C[C@@H](C)C(=O)O)c2ccccc21. The first-order chi connectivity index (χ1) is 14.0. The Morgan fingerprint density at radius 2 is 1.93 bits per heavy atom. The van der Waals surface area contributed by atoms with Crippen LogP contribution in [0, 0.1) is 11.3 Å². The predicted molar refractivity (Wildman–Crippen MR) is 114 cm³/mol. The second-order valence-electron chi connectivity index (χ2n) is 8.98. The van der Waals surface area contributed by atoms with Gasteiger partial charge in [0.15, 0.2) is 0 Å². The molecule has 1 aliphatic heterocycles. The van der Waals surface area contributed by atoms with E-state index >= 15 is 0 Å². The predicted octanol–water partition coefficient (Wildman–Crippen LogP) is 1.47. The van der Waals surface area contributed by atoms with E-state index in [1.54, 1.807) is 11.9 Å². The maximum Gasteiger partial charge on any atom is 0.306 e. The minimum Gasteiger partial charge on any atom is -0.481 e. The van der Waals surface area contributed by atoms with Crippen molar-refractivity contribution in [3.63, 3.8) is 0 Å². The van der Waals surface area contributed by atoms with Crippen LogP contribution in [0.15, 0.2) is 24.3 Å². The number of anilines is 1. The molecule has 5 N–H and O–H groups in total. The van der Waals surface area contributed by atoms with Gasteiger partial charge in [-0.15, -0.1) is 0 Å². The summed E-state index contributed by atoms with van der Waals surface area (Å²) in [6.45, 7) is 5.62. The van der Waals surface area contributed by atoms with Crippen LogP contribution in [0.1, 0.15) is 51.5 Å². The highest BCUT2D eigenvalue weighted by Crippen LogP contribution is 2.38. The number of fused-ring (bicyclic) bond motifs is 1. The number of carboxylic acid groups (broad SMARTS) is 1. The Bertz CT molecular complexity index is 795. The summed E-state index contributed by atoms with van der Waals surface area (Å²) in [5.74, 6) is -2.32. The second-order valence-corrected chi connectivity index (χ2v) is 8.98. The molecule has 0 fully saturated rings. The second kappa shape index (κ2) is 9.57. The van der Waals surface area contributed by atoms with Gasteiger partial charge in [0.05, 0.1) is 17.9 Å². The summed E-state index contributed by atoms with van der Waals surface area (Å²) in [4.78, 5) is 38.0. The van der Waals surface area contributed by atoms with Gasteiger partial charge in [-0.05, 0) is 29.9 Å². The average Bonchev–Trinajstić information content (AvgIpc) is 3.06. The van der Waals surface area contributed by atoms with Crippen LogP contribution >= 0.6 is 0 Å². The molecule has 0 spiro atoms. The van der Waals surface area contributed by atoms with Crippen molar-refractivity contribution in [1.82, 2.24) is 5.32 Å². The van der Waals surface area contributed by atoms with Crippen LogP contribution in [0.4, 0.5) is 5.69 Å². The molecular weight excluding hydrogens is 386 g/mol. The Morgan fingerprint density at radius 3 is 2.53 bits per heavy atom. The van der Waals surface area contributed by atoms with Crippen molar-refractivity contribution < 1.29 is 24.6 Å². The summed E-state index contributed by atoms with van der Waals surface area (Å²) < 4.78 is 0. The first-order valence-corrected chi connectivity index (χ1v) is 10.2. The fraction of sp³-hybridized carbons (Fsp3) is 0.591. The van der Waals surface area contributed by atoms with Crippen molar-refractivity contribution in [2.45, 2.75) is 58.1 Å². The molecule has 2 rings (SSSR count). The van der Waals surface area contributed by atoms with Crippen molar-refractivity contribution in [2.24, 2.45) is 17.1 Å². The first kappa shape index (κ1) is 23.8. The maximum absolute atomic E-state index is 13.1. The van der Waals surface area contributed by atoms with Crippen LogP contribution in [-0.4, -0.2) is 53.7 Å². The summed E-state index contributed by atoms with van der Waals surface area (Å²) in [5.41, 5.74) is 7.18. The quantitative estimate of drug-likeness (QED) is 0.479. The van der Waals surface area contributed by atoms with Crippen LogP contribution in [0.25, 0.3) is 0 Å². The van der Waals surface area contributed by atoms with Crippen molar-refractivity contribution in [3.05, 3.63) is 29.8 Å². The lowest BCUT2D eigenvalue weighted by molar-refractivity contribution is -0.142. The molecule has 166 valence electrons. The molecule has 1 heterocycles. The van der Waals surface area contributed by atoms with Gasteiger partial charge in [0, 0.05) is 31.7 Å². The Morgan fingerprint density at radius 1 is 1.30 bits per heavy atom. The van der Waals surface area contributed by atoms with Crippen molar-refractivity contribution >= 4 is 23.5 Å². The van der Waals surface area contributed by atoms with E-state index in [0.717, 1.165) is 11.3 Å². The number of nitrogens with two attached hydrogens (primary N) is 1. The standard InChI is InChI=1S/C22H33N3O5/c1-13(21(29)30)9-18(26)16(23)10-22(2,3)11-19(27)25-12-15(20(28)24-4)14-7-5-6-8-17(14)25/h5-8,13,15-16,18,26H,9-12,23H2,1-4H3,(H,24,28)(H,29,30)/t13-,15+,16+,18+/m1/s1. The molecule has 2 amide bonds. The van der Waals surface area contributed by atoms with Crippen LogP contribution in [-0.2, 0) is 14.4 Å². The summed E-state index contributed by atoms with van der Waals surface area (Å²) >= 11 is 0. The fourth-order valence-corrected chi connectivity index (χ4v) is 4.03. The molecule has 0 bridgehead atoms. The summed E-state index contributed by atoms with van der Waals surface area (Å²) in [6.07, 6.45) is -0.346. The van der Waals surface area contributed by atoms with Gasteiger partial charge in [-0.25, -0.2) is 0 Å². The van der Waals surface area contributed by atoms with E-state index in [1.807, 2.05) is 38.1 Å². The number of hydrogen-bond acceptors (Lipinski definition) is 5. The van der Waals surface area contributed by atoms with Gasteiger partial charge in [-0.2, -0.15) is 0 Å². The molecule has 0 aliphatic carbocycles. The highest BCUT2D eigenvalue weighted by atomic mass is 16.4. The number of amides is 2. The number of carbonyl (C=O) groups is 3. The first-order valence-electron chi connectivity index (χ1n) is 10.2. The highest BCUT2D eigenvalue weighted by Gasteiger charge is 2.38. The molecule has 1 aromatic rings.